The van der Waals surface area contributed by atoms with Crippen LogP contribution in [0.2, 0.25) is 0 Å². The molecular weight excluding hydrogens is 266 g/mol. The maximum atomic E-state index is 12.1. The third-order valence-electron chi connectivity index (χ3n) is 4.36. The van der Waals surface area contributed by atoms with E-state index in [0.717, 1.165) is 0 Å². The molecule has 2 bridgehead atoms. The number of nitrogens with zero attached hydrogens (tertiary/aromatic N) is 1. The van der Waals surface area contributed by atoms with Crippen molar-refractivity contribution >= 4 is 9.84 Å². The van der Waals surface area contributed by atoms with E-state index in [4.69, 9.17) is 4.74 Å². The van der Waals surface area contributed by atoms with E-state index in [1.165, 1.54) is 0 Å². The van der Waals surface area contributed by atoms with Gasteiger partial charge in [-0.25, -0.2) is 8.42 Å². The molecule has 2 fully saturated rings. The van der Waals surface area contributed by atoms with Gasteiger partial charge < -0.3 is 9.84 Å². The van der Waals surface area contributed by atoms with Crippen LogP contribution in [-0.4, -0.2) is 36.1 Å². The van der Waals surface area contributed by atoms with Gasteiger partial charge in [-0.3, -0.25) is 4.98 Å². The van der Waals surface area contributed by atoms with Gasteiger partial charge >= 0.3 is 0 Å². The molecule has 1 aromatic heterocycles. The highest BCUT2D eigenvalue weighted by atomic mass is 32.2. The lowest BCUT2D eigenvalue weighted by Gasteiger charge is -2.36. The first-order valence-corrected chi connectivity index (χ1v) is 8.01. The van der Waals surface area contributed by atoms with Gasteiger partial charge in [-0.2, -0.15) is 0 Å². The zero-order valence-corrected chi connectivity index (χ0v) is 11.6. The summed E-state index contributed by atoms with van der Waals surface area (Å²) in [5.74, 6) is 0.576. The minimum atomic E-state index is -3.04. The van der Waals surface area contributed by atoms with Crippen molar-refractivity contribution in [1.29, 1.82) is 0 Å². The fourth-order valence-electron chi connectivity index (χ4n) is 3.27. The molecule has 2 aliphatic rings. The smallest absolute Gasteiger partial charge is 0.156 e. The molecule has 3 heterocycles. The topological polar surface area (TPSA) is 76.5 Å². The lowest BCUT2D eigenvalue weighted by atomic mass is 9.87. The standard InChI is InChI=1S/C13H17NO4S/c1-18-10-4-9(7-14-8-10)13(15)5-11-2-3-12(6-13)19(11,16)17/h4,7-8,11-12,15H,2-3,5-6H2,1H3. The zero-order valence-electron chi connectivity index (χ0n) is 10.7. The van der Waals surface area contributed by atoms with E-state index in [2.05, 4.69) is 4.98 Å². The quantitative estimate of drug-likeness (QED) is 0.877. The summed E-state index contributed by atoms with van der Waals surface area (Å²) in [6.07, 6.45) is 5.02. The molecule has 3 rings (SSSR count). The second-order valence-corrected chi connectivity index (χ2v) is 7.98. The van der Waals surface area contributed by atoms with Crippen LogP contribution in [0.1, 0.15) is 31.2 Å². The van der Waals surface area contributed by atoms with Crippen molar-refractivity contribution in [2.24, 2.45) is 0 Å². The molecule has 6 heteroatoms. The molecule has 2 atom stereocenters. The summed E-state index contributed by atoms with van der Waals surface area (Å²) in [5, 5.41) is 9.99. The number of hydrogen-bond donors (Lipinski definition) is 1. The van der Waals surface area contributed by atoms with Gasteiger partial charge in [0.25, 0.3) is 0 Å². The molecule has 0 amide bonds. The number of pyridine rings is 1. The van der Waals surface area contributed by atoms with Gasteiger partial charge in [-0.1, -0.05) is 0 Å². The van der Waals surface area contributed by atoms with Crippen molar-refractivity contribution in [3.63, 3.8) is 0 Å². The second-order valence-electron chi connectivity index (χ2n) is 5.46. The molecule has 0 radical (unpaired) electrons. The average Bonchev–Trinajstić information content (AvgIpc) is 2.57. The molecule has 0 aromatic carbocycles. The summed E-state index contributed by atoms with van der Waals surface area (Å²) in [7, 11) is -1.49. The first kappa shape index (κ1) is 12.9. The third kappa shape index (κ3) is 1.94. The third-order valence-corrected chi connectivity index (χ3v) is 7.02. The Bertz CT molecular complexity index is 578. The number of fused-ring (bicyclic) bond motifs is 2. The zero-order chi connectivity index (χ0) is 13.7. The van der Waals surface area contributed by atoms with Crippen LogP contribution < -0.4 is 4.74 Å². The molecular formula is C13H17NO4S. The molecule has 0 aliphatic carbocycles. The second kappa shape index (κ2) is 4.18. The Morgan fingerprint density at radius 3 is 2.53 bits per heavy atom. The normalized spacial score (nSPS) is 36.1. The van der Waals surface area contributed by atoms with Crippen molar-refractivity contribution in [2.75, 3.05) is 7.11 Å². The van der Waals surface area contributed by atoms with Gasteiger partial charge in [-0.15, -0.1) is 0 Å². The summed E-state index contributed by atoms with van der Waals surface area (Å²) < 4.78 is 29.2. The van der Waals surface area contributed by atoms with Crippen LogP contribution in [0, 0.1) is 0 Å². The fraction of sp³-hybridized carbons (Fsp3) is 0.615. The lowest BCUT2D eigenvalue weighted by molar-refractivity contribution is 0.0168. The summed E-state index contributed by atoms with van der Waals surface area (Å²) in [6.45, 7) is 0. The van der Waals surface area contributed by atoms with Crippen molar-refractivity contribution < 1.29 is 18.3 Å². The van der Waals surface area contributed by atoms with Crippen LogP contribution in [0.5, 0.6) is 5.75 Å². The van der Waals surface area contributed by atoms with Crippen LogP contribution in [0.25, 0.3) is 0 Å². The molecule has 2 aliphatic heterocycles. The summed E-state index contributed by atoms with van der Waals surface area (Å²) in [6, 6.07) is 1.74. The Balaban J connectivity index is 1.97. The van der Waals surface area contributed by atoms with E-state index in [9.17, 15) is 13.5 Å². The number of ether oxygens (including phenoxy) is 1. The highest BCUT2D eigenvalue weighted by molar-refractivity contribution is 7.93. The Labute approximate surface area is 112 Å². The van der Waals surface area contributed by atoms with Gasteiger partial charge in [-0.05, 0) is 31.7 Å². The maximum absolute atomic E-state index is 12.1. The minimum absolute atomic E-state index is 0.265. The average molecular weight is 283 g/mol. The Morgan fingerprint density at radius 1 is 1.32 bits per heavy atom. The van der Waals surface area contributed by atoms with E-state index in [0.29, 0.717) is 24.2 Å². The van der Waals surface area contributed by atoms with Gasteiger partial charge in [0.2, 0.25) is 0 Å². The molecule has 5 nitrogen and oxygen atoms in total. The van der Waals surface area contributed by atoms with Crippen LogP contribution in [0.3, 0.4) is 0 Å². The van der Waals surface area contributed by atoms with E-state index in [1.807, 2.05) is 0 Å². The van der Waals surface area contributed by atoms with Gasteiger partial charge in [0.05, 0.1) is 29.4 Å². The molecule has 1 N–H and O–H groups in total. The highest BCUT2D eigenvalue weighted by Gasteiger charge is 2.53. The molecule has 0 saturated carbocycles. The molecule has 1 aromatic rings. The number of methoxy groups -OCH3 is 1. The predicted octanol–water partition coefficient (Wildman–Crippen LogP) is 1.02. The number of hydrogen-bond acceptors (Lipinski definition) is 5. The molecule has 19 heavy (non-hydrogen) atoms. The minimum Gasteiger partial charge on any atom is -0.495 e. The summed E-state index contributed by atoms with van der Waals surface area (Å²) in [5.41, 5.74) is -0.447. The van der Waals surface area contributed by atoms with Gasteiger partial charge in [0.15, 0.2) is 9.84 Å². The molecule has 0 spiro atoms. The van der Waals surface area contributed by atoms with E-state index < -0.39 is 25.9 Å². The van der Waals surface area contributed by atoms with Gasteiger partial charge in [0.1, 0.15) is 5.75 Å². The van der Waals surface area contributed by atoms with Crippen LogP contribution in [0.4, 0.5) is 0 Å². The summed E-state index contributed by atoms with van der Waals surface area (Å²) >= 11 is 0. The molecule has 2 unspecified atom stereocenters. The Kier molecular flexibility index (Phi) is 2.83. The number of sulfone groups is 1. The lowest BCUT2D eigenvalue weighted by Crippen LogP contribution is -2.43. The number of rotatable bonds is 2. The van der Waals surface area contributed by atoms with E-state index in [1.54, 1.807) is 25.6 Å². The van der Waals surface area contributed by atoms with Crippen LogP contribution >= 0.6 is 0 Å². The largest absolute Gasteiger partial charge is 0.495 e. The molecule has 2 saturated heterocycles. The SMILES string of the molecule is COc1cncc(C2(O)CC3CCC(C2)S3(=O)=O)c1. The molecule has 104 valence electrons. The Hall–Kier alpha value is -1.14. The summed E-state index contributed by atoms with van der Waals surface area (Å²) in [4.78, 5) is 4.05. The van der Waals surface area contributed by atoms with Crippen molar-refractivity contribution in [3.05, 3.63) is 24.0 Å². The van der Waals surface area contributed by atoms with E-state index in [-0.39, 0.29) is 12.8 Å². The van der Waals surface area contributed by atoms with Crippen LogP contribution in [0.15, 0.2) is 18.5 Å². The monoisotopic (exact) mass is 283 g/mol. The van der Waals surface area contributed by atoms with Crippen molar-refractivity contribution in [1.82, 2.24) is 4.98 Å². The predicted molar refractivity (Wildman–Crippen MR) is 69.6 cm³/mol. The van der Waals surface area contributed by atoms with Crippen molar-refractivity contribution in [2.45, 2.75) is 41.8 Å². The number of aromatic nitrogens is 1. The van der Waals surface area contributed by atoms with E-state index >= 15 is 0 Å². The fourth-order valence-corrected chi connectivity index (χ4v) is 5.76. The maximum Gasteiger partial charge on any atom is 0.156 e. The Morgan fingerprint density at radius 2 is 1.95 bits per heavy atom. The van der Waals surface area contributed by atoms with Crippen LogP contribution in [-0.2, 0) is 15.4 Å². The number of aliphatic hydroxyl groups is 1. The highest BCUT2D eigenvalue weighted by Crippen LogP contribution is 2.47. The first-order valence-electron chi connectivity index (χ1n) is 6.40. The van der Waals surface area contributed by atoms with Gasteiger partial charge in [0, 0.05) is 11.8 Å². The van der Waals surface area contributed by atoms with Crippen molar-refractivity contribution in [3.8, 4) is 5.75 Å². The first-order chi connectivity index (χ1) is 8.95.